The molecule has 0 unspecified atom stereocenters. The molecule has 0 radical (unpaired) electrons. The van der Waals surface area contributed by atoms with E-state index >= 15 is 0 Å². The van der Waals surface area contributed by atoms with Gasteiger partial charge in [-0.15, -0.1) is 0 Å². The van der Waals surface area contributed by atoms with Crippen LogP contribution in [-0.2, 0) is 16.4 Å². The Morgan fingerprint density at radius 3 is 2.62 bits per heavy atom. The lowest BCUT2D eigenvalue weighted by atomic mass is 10.1. The molecule has 0 spiro atoms. The van der Waals surface area contributed by atoms with E-state index in [0.717, 1.165) is 24.1 Å². The zero-order chi connectivity index (χ0) is 18.6. The Bertz CT molecular complexity index is 871. The van der Waals surface area contributed by atoms with E-state index < -0.39 is 9.84 Å². The van der Waals surface area contributed by atoms with E-state index in [1.807, 2.05) is 30.3 Å². The summed E-state index contributed by atoms with van der Waals surface area (Å²) in [6.07, 6.45) is 4.76. The van der Waals surface area contributed by atoms with Crippen LogP contribution in [0.3, 0.4) is 0 Å². The minimum absolute atomic E-state index is 0.153. The van der Waals surface area contributed by atoms with Crippen molar-refractivity contribution in [2.24, 2.45) is 10.4 Å². The number of guanidine groups is 1. The zero-order valence-corrected chi connectivity index (χ0v) is 15.8. The summed E-state index contributed by atoms with van der Waals surface area (Å²) in [5, 5.41) is 6.40. The molecule has 0 saturated heterocycles. The van der Waals surface area contributed by atoms with Gasteiger partial charge in [-0.3, -0.25) is 4.99 Å². The van der Waals surface area contributed by atoms with Crippen LogP contribution in [-0.4, -0.2) is 45.0 Å². The van der Waals surface area contributed by atoms with Crippen LogP contribution in [0.2, 0.25) is 0 Å². The molecule has 1 aromatic carbocycles. The number of aromatic nitrogens is 1. The minimum atomic E-state index is -2.98. The van der Waals surface area contributed by atoms with Crippen LogP contribution in [0.25, 0.3) is 11.5 Å². The van der Waals surface area contributed by atoms with Crippen LogP contribution in [0.15, 0.2) is 46.0 Å². The highest BCUT2D eigenvalue weighted by Gasteiger charge is 2.45. The van der Waals surface area contributed by atoms with E-state index in [2.05, 4.69) is 20.6 Å². The normalized spacial score (nSPS) is 16.3. The van der Waals surface area contributed by atoms with Gasteiger partial charge < -0.3 is 15.1 Å². The fraction of sp³-hybridized carbons (Fsp3) is 0.444. The van der Waals surface area contributed by atoms with Crippen molar-refractivity contribution in [2.45, 2.75) is 19.4 Å². The van der Waals surface area contributed by atoms with Crippen molar-refractivity contribution in [2.75, 3.05) is 25.6 Å². The summed E-state index contributed by atoms with van der Waals surface area (Å²) >= 11 is 0. The fourth-order valence-electron chi connectivity index (χ4n) is 2.87. The maximum Gasteiger partial charge on any atom is 0.226 e. The van der Waals surface area contributed by atoms with Crippen LogP contribution < -0.4 is 10.6 Å². The summed E-state index contributed by atoms with van der Waals surface area (Å²) in [4.78, 5) is 8.65. The van der Waals surface area contributed by atoms with Crippen LogP contribution in [0.1, 0.15) is 18.5 Å². The summed E-state index contributed by atoms with van der Waals surface area (Å²) in [6, 6.07) is 9.71. The molecule has 8 heteroatoms. The Hall–Kier alpha value is -2.35. The fourth-order valence-corrected chi connectivity index (χ4v) is 4.38. The van der Waals surface area contributed by atoms with Crippen molar-refractivity contribution in [3.8, 4) is 11.5 Å². The average Bonchev–Trinajstić information content (AvgIpc) is 3.18. The average molecular weight is 376 g/mol. The number of oxazole rings is 1. The van der Waals surface area contributed by atoms with Crippen molar-refractivity contribution in [1.29, 1.82) is 0 Å². The quantitative estimate of drug-likeness (QED) is 0.565. The third kappa shape index (κ3) is 5.08. The molecule has 1 fully saturated rings. The third-order valence-corrected chi connectivity index (χ3v) is 5.53. The first-order chi connectivity index (χ1) is 12.4. The highest BCUT2D eigenvalue weighted by molar-refractivity contribution is 7.90. The van der Waals surface area contributed by atoms with Gasteiger partial charge in [0.1, 0.15) is 16.1 Å². The molecular formula is C18H24N4O3S. The van der Waals surface area contributed by atoms with Gasteiger partial charge in [0.25, 0.3) is 0 Å². The van der Waals surface area contributed by atoms with Gasteiger partial charge in [-0.2, -0.15) is 0 Å². The first kappa shape index (κ1) is 18.4. The van der Waals surface area contributed by atoms with E-state index in [9.17, 15) is 8.42 Å². The van der Waals surface area contributed by atoms with Gasteiger partial charge >= 0.3 is 0 Å². The maximum atomic E-state index is 11.5. The van der Waals surface area contributed by atoms with Crippen LogP contribution in [0.4, 0.5) is 0 Å². The summed E-state index contributed by atoms with van der Waals surface area (Å²) in [6.45, 7) is 1.06. The van der Waals surface area contributed by atoms with Crippen molar-refractivity contribution < 1.29 is 12.8 Å². The topological polar surface area (TPSA) is 96.6 Å². The Morgan fingerprint density at radius 2 is 2.00 bits per heavy atom. The molecule has 0 atom stereocenters. The van der Waals surface area contributed by atoms with E-state index in [1.54, 1.807) is 13.3 Å². The molecule has 1 aromatic heterocycles. The largest absolute Gasteiger partial charge is 0.444 e. The van der Waals surface area contributed by atoms with Crippen LogP contribution >= 0.6 is 0 Å². The highest BCUT2D eigenvalue weighted by atomic mass is 32.2. The monoisotopic (exact) mass is 376 g/mol. The van der Waals surface area contributed by atoms with Crippen molar-refractivity contribution in [3.05, 3.63) is 42.3 Å². The van der Waals surface area contributed by atoms with Crippen LogP contribution in [0, 0.1) is 5.41 Å². The van der Waals surface area contributed by atoms with Crippen molar-refractivity contribution >= 4 is 15.8 Å². The number of hydrogen-bond donors (Lipinski definition) is 2. The second-order valence-electron chi connectivity index (χ2n) is 6.86. The van der Waals surface area contributed by atoms with E-state index in [1.165, 1.54) is 6.26 Å². The third-order valence-electron chi connectivity index (χ3n) is 4.39. The predicted octanol–water partition coefficient (Wildman–Crippen LogP) is 1.83. The molecule has 0 amide bonds. The molecule has 7 nitrogen and oxygen atoms in total. The minimum Gasteiger partial charge on any atom is -0.444 e. The highest BCUT2D eigenvalue weighted by Crippen LogP contribution is 2.45. The standard InChI is InChI=1S/C18H24N4O3S/c1-19-17(21-12-18(8-9-18)13-26(2,23)24)20-10-15-11-25-16(22-15)14-6-4-3-5-7-14/h3-7,11H,8-10,12-13H2,1-2H3,(H2,19,20,21). The van der Waals surface area contributed by atoms with Gasteiger partial charge in [-0.1, -0.05) is 18.2 Å². The number of nitrogens with one attached hydrogen (secondary N) is 2. The molecule has 0 aliphatic heterocycles. The summed E-state index contributed by atoms with van der Waals surface area (Å²) < 4.78 is 28.6. The first-order valence-electron chi connectivity index (χ1n) is 8.51. The number of benzene rings is 1. The zero-order valence-electron chi connectivity index (χ0n) is 15.0. The molecule has 3 rings (SSSR count). The smallest absolute Gasteiger partial charge is 0.226 e. The molecule has 1 aliphatic rings. The molecule has 26 heavy (non-hydrogen) atoms. The lowest BCUT2D eigenvalue weighted by Gasteiger charge is -2.17. The molecule has 2 aromatic rings. The lowest BCUT2D eigenvalue weighted by molar-refractivity contribution is 0.529. The first-order valence-corrected chi connectivity index (χ1v) is 10.6. The molecular weight excluding hydrogens is 352 g/mol. The van der Waals surface area contributed by atoms with Crippen molar-refractivity contribution in [3.63, 3.8) is 0 Å². The van der Waals surface area contributed by atoms with Gasteiger partial charge in [-0.05, 0) is 25.0 Å². The second-order valence-corrected chi connectivity index (χ2v) is 9.00. The Labute approximate surface area is 153 Å². The number of sulfone groups is 1. The van der Waals surface area contributed by atoms with E-state index in [4.69, 9.17) is 4.42 Å². The number of nitrogens with zero attached hydrogens (tertiary/aromatic N) is 2. The van der Waals surface area contributed by atoms with Crippen LogP contribution in [0.5, 0.6) is 0 Å². The van der Waals surface area contributed by atoms with Crippen molar-refractivity contribution in [1.82, 2.24) is 15.6 Å². The van der Waals surface area contributed by atoms with Gasteiger partial charge in [0, 0.05) is 30.8 Å². The SMILES string of the molecule is CN=C(NCc1coc(-c2ccccc2)n1)NCC1(CS(C)(=O)=O)CC1. The second kappa shape index (κ2) is 7.49. The summed E-state index contributed by atoms with van der Waals surface area (Å²) in [7, 11) is -1.29. The molecule has 2 N–H and O–H groups in total. The molecule has 1 aliphatic carbocycles. The van der Waals surface area contributed by atoms with E-state index in [0.29, 0.717) is 24.9 Å². The summed E-state index contributed by atoms with van der Waals surface area (Å²) in [5.41, 5.74) is 1.54. The molecule has 0 bridgehead atoms. The number of aliphatic imine (C=N–C) groups is 1. The Kier molecular flexibility index (Phi) is 5.31. The van der Waals surface area contributed by atoms with Gasteiger partial charge in [0.05, 0.1) is 18.0 Å². The molecule has 1 saturated carbocycles. The van der Waals surface area contributed by atoms with E-state index in [-0.39, 0.29) is 11.2 Å². The predicted molar refractivity (Wildman–Crippen MR) is 102 cm³/mol. The maximum absolute atomic E-state index is 11.5. The van der Waals surface area contributed by atoms with Gasteiger partial charge in [0.15, 0.2) is 5.96 Å². The molecule has 1 heterocycles. The lowest BCUT2D eigenvalue weighted by Crippen LogP contribution is -2.41. The summed E-state index contributed by atoms with van der Waals surface area (Å²) in [5.74, 6) is 1.41. The van der Waals surface area contributed by atoms with Gasteiger partial charge in [-0.25, -0.2) is 13.4 Å². The number of rotatable bonds is 7. The number of hydrogen-bond acceptors (Lipinski definition) is 5. The van der Waals surface area contributed by atoms with Gasteiger partial charge in [0.2, 0.25) is 5.89 Å². The Morgan fingerprint density at radius 1 is 1.27 bits per heavy atom. The Balaban J connectivity index is 1.51. The molecule has 140 valence electrons.